The van der Waals surface area contributed by atoms with Crippen molar-refractivity contribution in [1.82, 2.24) is 4.98 Å². The number of amides is 2. The minimum absolute atomic E-state index is 0.0114. The first-order valence-electron chi connectivity index (χ1n) is 14.1. The van der Waals surface area contributed by atoms with Gasteiger partial charge in [0, 0.05) is 33.3 Å². The molecule has 1 aromatic heterocycles. The number of imide groups is 1. The number of halogens is 2. The van der Waals surface area contributed by atoms with Crippen molar-refractivity contribution in [3.8, 4) is 11.5 Å². The highest BCUT2D eigenvalue weighted by molar-refractivity contribution is 7.22. The fourth-order valence-electron chi connectivity index (χ4n) is 4.70. The Morgan fingerprint density at radius 2 is 1.21 bits per heavy atom. The zero-order valence-corrected chi connectivity index (χ0v) is 26.7. The fraction of sp³-hybridized carbons (Fsp3) is 0.0571. The van der Waals surface area contributed by atoms with Crippen LogP contribution in [-0.2, 0) is 13.2 Å². The number of carbonyl (C=O) groups excluding carboxylic acids is 2. The smallest absolute Gasteiger partial charge is 0.270 e. The lowest BCUT2D eigenvalue weighted by Crippen LogP contribution is -2.37. The predicted molar refractivity (Wildman–Crippen MR) is 182 cm³/mol. The summed E-state index contributed by atoms with van der Waals surface area (Å²) in [6.45, 7) is 0.142. The van der Waals surface area contributed by atoms with E-state index in [1.54, 1.807) is 72.8 Å². The molecule has 47 heavy (non-hydrogen) atoms. The summed E-state index contributed by atoms with van der Waals surface area (Å²) in [7, 11) is 0. The lowest BCUT2D eigenvalue weighted by atomic mass is 10.1. The second kappa shape index (κ2) is 14.0. The molecule has 0 spiro atoms. The van der Waals surface area contributed by atoms with Gasteiger partial charge in [-0.05, 0) is 42.5 Å². The molecule has 2 amide bonds. The Bertz CT molecular complexity index is 2030. The zero-order chi connectivity index (χ0) is 32.9. The maximum absolute atomic E-state index is 14.4. The van der Waals surface area contributed by atoms with Gasteiger partial charge in [-0.2, -0.15) is 0 Å². The van der Waals surface area contributed by atoms with E-state index in [1.807, 2.05) is 24.3 Å². The first kappa shape index (κ1) is 31.7. The maximum Gasteiger partial charge on any atom is 0.270 e. The fourth-order valence-corrected chi connectivity index (χ4v) is 6.07. The molecular formula is C35H23Cl2N3O6S. The van der Waals surface area contributed by atoms with E-state index in [4.69, 9.17) is 32.7 Å². The molecule has 0 radical (unpaired) electrons. The Labute approximate surface area is 282 Å². The van der Waals surface area contributed by atoms with Crippen LogP contribution in [0.1, 0.15) is 31.8 Å². The summed E-state index contributed by atoms with van der Waals surface area (Å²) in [6, 6.07) is 31.5. The number of para-hydroxylation sites is 2. The van der Waals surface area contributed by atoms with E-state index in [2.05, 4.69) is 4.98 Å². The molecule has 0 aliphatic carbocycles. The van der Waals surface area contributed by atoms with Gasteiger partial charge in [0.2, 0.25) is 5.13 Å². The molecule has 6 rings (SSSR count). The van der Waals surface area contributed by atoms with E-state index in [9.17, 15) is 19.7 Å². The van der Waals surface area contributed by atoms with Gasteiger partial charge >= 0.3 is 0 Å². The van der Waals surface area contributed by atoms with Crippen molar-refractivity contribution in [2.75, 3.05) is 4.90 Å². The number of ether oxygens (including phenoxy) is 2. The van der Waals surface area contributed by atoms with E-state index in [0.29, 0.717) is 31.4 Å². The van der Waals surface area contributed by atoms with E-state index in [-0.39, 0.29) is 46.7 Å². The number of anilines is 1. The molecule has 0 atom stereocenters. The van der Waals surface area contributed by atoms with Crippen LogP contribution in [0, 0.1) is 10.1 Å². The molecule has 12 heteroatoms. The molecule has 0 saturated carbocycles. The van der Waals surface area contributed by atoms with Gasteiger partial charge in [-0.25, -0.2) is 9.88 Å². The SMILES string of the molecule is O=C(c1ccccc1OCc1ccccc1Cl)N(C(=O)c1ccccc1OCc1ccccc1Cl)c1nc2ccc([N+](=O)[O-])cc2s1. The molecule has 234 valence electrons. The van der Waals surface area contributed by atoms with Crippen molar-refractivity contribution < 1.29 is 24.0 Å². The highest BCUT2D eigenvalue weighted by atomic mass is 35.5. The largest absolute Gasteiger partial charge is 0.488 e. The summed E-state index contributed by atoms with van der Waals surface area (Å²) in [5.74, 6) is -1.01. The highest BCUT2D eigenvalue weighted by Gasteiger charge is 2.32. The van der Waals surface area contributed by atoms with Crippen LogP contribution < -0.4 is 14.4 Å². The number of hydrogen-bond acceptors (Lipinski definition) is 8. The quantitative estimate of drug-likeness (QED) is 0.0804. The van der Waals surface area contributed by atoms with Gasteiger partial charge in [-0.3, -0.25) is 19.7 Å². The number of thiazole rings is 1. The van der Waals surface area contributed by atoms with Gasteiger partial charge in [0.05, 0.1) is 26.3 Å². The number of hydrogen-bond donors (Lipinski definition) is 0. The van der Waals surface area contributed by atoms with Crippen LogP contribution in [0.5, 0.6) is 11.5 Å². The number of aromatic nitrogens is 1. The van der Waals surface area contributed by atoms with E-state index < -0.39 is 16.7 Å². The Balaban J connectivity index is 1.40. The van der Waals surface area contributed by atoms with Crippen LogP contribution in [0.3, 0.4) is 0 Å². The summed E-state index contributed by atoms with van der Waals surface area (Å²) in [5.41, 5.74) is 1.84. The minimum Gasteiger partial charge on any atom is -0.488 e. The number of nitro groups is 1. The Morgan fingerprint density at radius 3 is 1.72 bits per heavy atom. The third-order valence-corrected chi connectivity index (χ3v) is 8.83. The highest BCUT2D eigenvalue weighted by Crippen LogP contribution is 2.35. The molecule has 1 heterocycles. The van der Waals surface area contributed by atoms with Gasteiger partial charge < -0.3 is 9.47 Å². The molecule has 0 unspecified atom stereocenters. The van der Waals surface area contributed by atoms with Crippen LogP contribution in [0.2, 0.25) is 10.0 Å². The second-order valence-electron chi connectivity index (χ2n) is 10.1. The average molecular weight is 685 g/mol. The van der Waals surface area contributed by atoms with Crippen molar-refractivity contribution in [3.05, 3.63) is 158 Å². The number of rotatable bonds is 10. The van der Waals surface area contributed by atoms with E-state index >= 15 is 0 Å². The minimum atomic E-state index is -0.723. The number of carbonyl (C=O) groups is 2. The predicted octanol–water partition coefficient (Wildman–Crippen LogP) is 9.16. The van der Waals surface area contributed by atoms with Crippen molar-refractivity contribution in [2.45, 2.75) is 13.2 Å². The average Bonchev–Trinajstić information content (AvgIpc) is 3.50. The first-order valence-corrected chi connectivity index (χ1v) is 15.7. The summed E-state index contributed by atoms with van der Waals surface area (Å²) in [6.07, 6.45) is 0. The Morgan fingerprint density at radius 1 is 0.723 bits per heavy atom. The molecular weight excluding hydrogens is 661 g/mol. The van der Waals surface area contributed by atoms with Gasteiger partial charge in [0.1, 0.15) is 24.7 Å². The number of fused-ring (bicyclic) bond motifs is 1. The van der Waals surface area contributed by atoms with Crippen molar-refractivity contribution in [3.63, 3.8) is 0 Å². The van der Waals surface area contributed by atoms with Gasteiger partial charge in [-0.1, -0.05) is 95.2 Å². The standard InChI is InChI=1S/C35H23Cl2N3O6S/c36-27-13-5-1-9-22(27)20-45-30-15-7-3-11-25(30)33(41)39(35-38-29-18-17-24(40(43)44)19-32(29)47-35)34(42)26-12-4-8-16-31(26)46-21-23-10-2-6-14-28(23)37/h1-19H,20-21H2. The maximum atomic E-state index is 14.4. The number of non-ortho nitro benzene ring substituents is 1. The number of benzene rings is 5. The summed E-state index contributed by atoms with van der Waals surface area (Å²) < 4.78 is 12.5. The van der Waals surface area contributed by atoms with Gasteiger partial charge in [0.25, 0.3) is 17.5 Å². The lowest BCUT2D eigenvalue weighted by Gasteiger charge is -2.21. The van der Waals surface area contributed by atoms with Crippen molar-refractivity contribution >= 4 is 67.4 Å². The van der Waals surface area contributed by atoms with Gasteiger partial charge in [-0.15, -0.1) is 0 Å². The first-order chi connectivity index (χ1) is 22.8. The molecule has 9 nitrogen and oxygen atoms in total. The zero-order valence-electron chi connectivity index (χ0n) is 24.3. The topological polar surface area (TPSA) is 112 Å². The molecule has 0 aliphatic heterocycles. The van der Waals surface area contributed by atoms with Crippen molar-refractivity contribution in [2.24, 2.45) is 0 Å². The molecule has 0 saturated heterocycles. The normalized spacial score (nSPS) is 10.9. The van der Waals surface area contributed by atoms with Crippen LogP contribution in [-0.4, -0.2) is 21.7 Å². The lowest BCUT2D eigenvalue weighted by molar-refractivity contribution is -0.384. The third kappa shape index (κ3) is 6.95. The Kier molecular flexibility index (Phi) is 9.44. The molecule has 0 fully saturated rings. The molecule has 0 N–H and O–H groups in total. The van der Waals surface area contributed by atoms with Gasteiger partial charge in [0.15, 0.2) is 0 Å². The summed E-state index contributed by atoms with van der Waals surface area (Å²) >= 11 is 13.6. The molecule has 6 aromatic rings. The number of nitro benzene ring substituents is 1. The Hall–Kier alpha value is -5.29. The summed E-state index contributed by atoms with van der Waals surface area (Å²) in [5, 5.41) is 12.5. The number of nitrogens with zero attached hydrogens (tertiary/aromatic N) is 3. The summed E-state index contributed by atoms with van der Waals surface area (Å²) in [4.78, 5) is 45.3. The van der Waals surface area contributed by atoms with Crippen molar-refractivity contribution in [1.29, 1.82) is 0 Å². The van der Waals surface area contributed by atoms with Crippen LogP contribution in [0.25, 0.3) is 10.2 Å². The molecule has 5 aromatic carbocycles. The second-order valence-corrected chi connectivity index (χ2v) is 11.9. The molecule has 0 aliphatic rings. The van der Waals surface area contributed by atoms with Crippen LogP contribution in [0.15, 0.2) is 115 Å². The van der Waals surface area contributed by atoms with Crippen LogP contribution in [0.4, 0.5) is 10.8 Å². The molecule has 0 bridgehead atoms. The monoisotopic (exact) mass is 683 g/mol. The van der Waals surface area contributed by atoms with Crippen LogP contribution >= 0.6 is 34.5 Å². The third-order valence-electron chi connectivity index (χ3n) is 7.09. The van der Waals surface area contributed by atoms with E-state index in [0.717, 1.165) is 16.2 Å². The van der Waals surface area contributed by atoms with E-state index in [1.165, 1.54) is 18.2 Å².